The van der Waals surface area contributed by atoms with Crippen molar-refractivity contribution >= 4 is 10.4 Å². The SMILES string of the molecule is O=S(=O)(O)O[C@H]1[C@@H](O)[C@@H](CO)O[C@@H](OC[C@H]2O[C@H](O[C@H]3[C@@H](OCC(O)CO)O[C@H](CO)[C@@H](O)[C@@H]3O)[C@@H](O)[C@@H](O[C@H]3O[C@@H]([C@H](O)CO)[C@H](O)[C@H]3O)[C@@H]2O)[C@@H]1O. The summed E-state index contributed by atoms with van der Waals surface area (Å²) in [6.07, 6.45) is -39.8. The summed E-state index contributed by atoms with van der Waals surface area (Å²) in [7, 11) is -5.30. The third-order valence-electron chi connectivity index (χ3n) is 9.01. The first-order valence-corrected chi connectivity index (χ1v) is 17.8. The Morgan fingerprint density at radius 3 is 1.67 bits per heavy atom. The number of aliphatic hydroxyl groups excluding tert-OH is 14. The van der Waals surface area contributed by atoms with Crippen LogP contribution < -0.4 is 0 Å². The quantitative estimate of drug-likeness (QED) is 0.0606. The van der Waals surface area contributed by atoms with Crippen LogP contribution in [0.15, 0.2) is 0 Å². The molecule has 4 aliphatic heterocycles. The molecule has 0 aromatic rings. The van der Waals surface area contributed by atoms with Crippen molar-refractivity contribution in [3.05, 3.63) is 0 Å². The third kappa shape index (κ3) is 10.5. The van der Waals surface area contributed by atoms with Gasteiger partial charge in [-0.25, -0.2) is 4.18 Å². The molecule has 0 aliphatic carbocycles. The van der Waals surface area contributed by atoms with Gasteiger partial charge in [0.25, 0.3) is 0 Å². The van der Waals surface area contributed by atoms with Crippen molar-refractivity contribution in [3.63, 3.8) is 0 Å². The zero-order chi connectivity index (χ0) is 40.2. The summed E-state index contributed by atoms with van der Waals surface area (Å²) in [6, 6.07) is 0. The van der Waals surface area contributed by atoms with Crippen molar-refractivity contribution in [1.82, 2.24) is 0 Å². The van der Waals surface area contributed by atoms with Gasteiger partial charge in [0.15, 0.2) is 25.2 Å². The standard InChI is InChI=1S/C27H48O26S/c28-1-7(32)5-45-27-23(15(37)12(34)9(3-30)48-27)52-26-18(40)21(51-25-17(39)16(38)20(50-25)8(33)2-29)14(36)11(49-26)6-46-24-19(41)22(53-54(42,43)44)13(35)10(4-31)47-24/h7-41H,1-6H2,(H,42,43,44)/t7?,8-,9-,10-,11-,12-,13+,14-,15+,16-,17-,18+,19-,20+,21+,22+,23-,24-,25-,26-,27+/m1/s1. The van der Waals surface area contributed by atoms with Gasteiger partial charge < -0.3 is 109 Å². The van der Waals surface area contributed by atoms with Crippen molar-refractivity contribution in [2.75, 3.05) is 39.6 Å². The molecule has 0 bridgehead atoms. The Morgan fingerprint density at radius 2 is 1.07 bits per heavy atom. The average molecular weight is 821 g/mol. The predicted octanol–water partition coefficient (Wildman–Crippen LogP) is -10.5. The summed E-state index contributed by atoms with van der Waals surface area (Å²) in [6.45, 7) is -5.13. The Kier molecular flexibility index (Phi) is 16.6. The average Bonchev–Trinajstić information content (AvgIpc) is 3.42. The van der Waals surface area contributed by atoms with Crippen LogP contribution in [0.5, 0.6) is 0 Å². The molecule has 0 aromatic carbocycles. The van der Waals surface area contributed by atoms with E-state index in [1.807, 2.05) is 0 Å². The van der Waals surface area contributed by atoms with Crippen LogP contribution in [0.2, 0.25) is 0 Å². The van der Waals surface area contributed by atoms with Crippen molar-refractivity contribution in [2.24, 2.45) is 0 Å². The second-order valence-corrected chi connectivity index (χ2v) is 13.9. The van der Waals surface area contributed by atoms with Gasteiger partial charge in [-0.2, -0.15) is 8.42 Å². The molecule has 0 radical (unpaired) electrons. The van der Waals surface area contributed by atoms with Crippen molar-refractivity contribution in [3.8, 4) is 0 Å². The zero-order valence-corrected chi connectivity index (χ0v) is 28.8. The molecule has 0 saturated carbocycles. The fourth-order valence-corrected chi connectivity index (χ4v) is 6.57. The first-order valence-electron chi connectivity index (χ1n) is 16.4. The third-order valence-corrected chi connectivity index (χ3v) is 9.48. The minimum atomic E-state index is -5.30. The van der Waals surface area contributed by atoms with E-state index in [1.54, 1.807) is 0 Å². The van der Waals surface area contributed by atoms with E-state index in [-0.39, 0.29) is 0 Å². The highest BCUT2D eigenvalue weighted by molar-refractivity contribution is 7.80. The van der Waals surface area contributed by atoms with Crippen molar-refractivity contribution in [2.45, 2.75) is 129 Å². The summed E-state index contributed by atoms with van der Waals surface area (Å²) in [5.41, 5.74) is 0. The van der Waals surface area contributed by atoms with E-state index in [4.69, 9.17) is 42.4 Å². The van der Waals surface area contributed by atoms with Gasteiger partial charge in [-0.1, -0.05) is 0 Å². The van der Waals surface area contributed by atoms with Crippen LogP contribution in [0.4, 0.5) is 0 Å². The molecule has 54 heavy (non-hydrogen) atoms. The second-order valence-electron chi connectivity index (χ2n) is 12.8. The normalized spacial score (nSPS) is 46.0. The van der Waals surface area contributed by atoms with Crippen LogP contribution in [0, 0.1) is 0 Å². The Bertz CT molecular complexity index is 1250. The molecule has 4 aliphatic rings. The highest BCUT2D eigenvalue weighted by Crippen LogP contribution is 2.34. The van der Waals surface area contributed by atoms with Gasteiger partial charge in [0.2, 0.25) is 0 Å². The van der Waals surface area contributed by atoms with Gasteiger partial charge in [-0.15, -0.1) is 0 Å². The smallest absolute Gasteiger partial charge is 0.394 e. The van der Waals surface area contributed by atoms with E-state index in [2.05, 4.69) is 4.18 Å². The maximum Gasteiger partial charge on any atom is 0.397 e. The lowest BCUT2D eigenvalue weighted by Crippen LogP contribution is -2.66. The first-order chi connectivity index (χ1) is 25.4. The Balaban J connectivity index is 1.61. The van der Waals surface area contributed by atoms with Gasteiger partial charge in [-0.05, 0) is 0 Å². The van der Waals surface area contributed by atoms with Gasteiger partial charge in [0.1, 0.15) is 104 Å². The molecular formula is C27H48O26S. The largest absolute Gasteiger partial charge is 0.397 e. The Hall–Kier alpha value is -1.01. The van der Waals surface area contributed by atoms with E-state index < -0.39 is 179 Å². The molecule has 15 N–H and O–H groups in total. The molecule has 4 fully saturated rings. The van der Waals surface area contributed by atoms with Gasteiger partial charge in [-0.3, -0.25) is 4.55 Å². The molecule has 26 nitrogen and oxygen atoms in total. The van der Waals surface area contributed by atoms with Gasteiger partial charge >= 0.3 is 10.4 Å². The van der Waals surface area contributed by atoms with Gasteiger partial charge in [0, 0.05) is 0 Å². The molecule has 21 atom stereocenters. The molecule has 318 valence electrons. The molecule has 0 aromatic heterocycles. The first kappa shape index (κ1) is 45.7. The van der Waals surface area contributed by atoms with Crippen LogP contribution in [-0.4, -0.2) is 253 Å². The molecule has 0 spiro atoms. The fraction of sp³-hybridized carbons (Fsp3) is 1.00. The van der Waals surface area contributed by atoms with Crippen LogP contribution >= 0.6 is 0 Å². The van der Waals surface area contributed by atoms with Crippen molar-refractivity contribution < 1.29 is 127 Å². The Morgan fingerprint density at radius 1 is 0.537 bits per heavy atom. The molecule has 4 heterocycles. The molecular weight excluding hydrogens is 772 g/mol. The fourth-order valence-electron chi connectivity index (χ4n) is 6.06. The van der Waals surface area contributed by atoms with Crippen LogP contribution in [0.3, 0.4) is 0 Å². The van der Waals surface area contributed by atoms with Crippen LogP contribution in [-0.2, 0) is 52.5 Å². The van der Waals surface area contributed by atoms with Crippen molar-refractivity contribution in [1.29, 1.82) is 0 Å². The summed E-state index contributed by atoms with van der Waals surface area (Å²) in [5, 5.41) is 144. The maximum absolute atomic E-state index is 11.4. The lowest BCUT2D eigenvalue weighted by Gasteiger charge is -2.47. The zero-order valence-electron chi connectivity index (χ0n) is 28.0. The van der Waals surface area contributed by atoms with E-state index in [1.165, 1.54) is 0 Å². The molecule has 1 unspecified atom stereocenters. The molecule has 4 saturated heterocycles. The van der Waals surface area contributed by atoms with Crippen LogP contribution in [0.1, 0.15) is 0 Å². The lowest BCUT2D eigenvalue weighted by atomic mass is 9.96. The number of hydrogen-bond donors (Lipinski definition) is 15. The lowest BCUT2D eigenvalue weighted by molar-refractivity contribution is -0.381. The minimum Gasteiger partial charge on any atom is -0.394 e. The number of ether oxygens (including phenoxy) is 8. The maximum atomic E-state index is 11.4. The van der Waals surface area contributed by atoms with E-state index in [0.29, 0.717) is 0 Å². The number of hydrogen-bond acceptors (Lipinski definition) is 25. The van der Waals surface area contributed by atoms with E-state index in [9.17, 15) is 79.9 Å². The Labute approximate surface area is 305 Å². The minimum absolute atomic E-state index is 0.646. The summed E-state index contributed by atoms with van der Waals surface area (Å²) in [4.78, 5) is 0. The monoisotopic (exact) mass is 820 g/mol. The highest BCUT2D eigenvalue weighted by Gasteiger charge is 2.55. The predicted molar refractivity (Wildman–Crippen MR) is 161 cm³/mol. The summed E-state index contributed by atoms with van der Waals surface area (Å²) >= 11 is 0. The molecule has 0 amide bonds. The molecule has 4 rings (SSSR count). The molecule has 27 heteroatoms. The topological polar surface area (TPSA) is 421 Å². The number of aliphatic hydroxyl groups is 14. The van der Waals surface area contributed by atoms with E-state index >= 15 is 0 Å². The van der Waals surface area contributed by atoms with E-state index in [0.717, 1.165) is 0 Å². The van der Waals surface area contributed by atoms with Crippen LogP contribution in [0.25, 0.3) is 0 Å². The summed E-state index contributed by atoms with van der Waals surface area (Å²) in [5.74, 6) is 0. The summed E-state index contributed by atoms with van der Waals surface area (Å²) < 4.78 is 80.1. The van der Waals surface area contributed by atoms with Gasteiger partial charge in [0.05, 0.1) is 39.6 Å². The second kappa shape index (κ2) is 19.6. The highest BCUT2D eigenvalue weighted by atomic mass is 32.3. The number of rotatable bonds is 17.